The fraction of sp³-hybridized carbons (Fsp3) is 0.412. The van der Waals surface area contributed by atoms with Crippen LogP contribution in [-0.4, -0.2) is 40.1 Å². The molecular weight excluding hydrogens is 266 g/mol. The third-order valence-electron chi connectivity index (χ3n) is 4.00. The van der Waals surface area contributed by atoms with Crippen molar-refractivity contribution in [1.29, 1.82) is 0 Å². The molecule has 2 atom stereocenters. The summed E-state index contributed by atoms with van der Waals surface area (Å²) in [5, 5.41) is 5.68. The minimum atomic E-state index is 0.0283. The lowest BCUT2D eigenvalue weighted by Crippen LogP contribution is -2.39. The summed E-state index contributed by atoms with van der Waals surface area (Å²) in [4.78, 5) is 0. The van der Waals surface area contributed by atoms with Crippen molar-refractivity contribution in [2.24, 2.45) is 0 Å². The lowest BCUT2D eigenvalue weighted by Gasteiger charge is -2.31. The number of fused-ring (bicyclic) bond motifs is 1. The Balaban J connectivity index is 2.05. The summed E-state index contributed by atoms with van der Waals surface area (Å²) in [5.74, 6) is 0.894. The summed E-state index contributed by atoms with van der Waals surface area (Å²) in [5.41, 5.74) is 1.21. The zero-order valence-corrected chi connectivity index (χ0v) is 12.5. The Hall–Kier alpha value is -1.62. The molecule has 2 aromatic rings. The Bertz CT molecular complexity index is 608. The van der Waals surface area contributed by atoms with Crippen molar-refractivity contribution in [2.75, 3.05) is 34.0 Å². The fourth-order valence-corrected chi connectivity index (χ4v) is 2.98. The van der Waals surface area contributed by atoms with Crippen molar-refractivity contribution in [3.63, 3.8) is 0 Å². The maximum Gasteiger partial charge on any atom is 0.126 e. The van der Waals surface area contributed by atoms with E-state index >= 15 is 0 Å². The molecule has 1 saturated heterocycles. The van der Waals surface area contributed by atoms with E-state index in [4.69, 9.17) is 14.2 Å². The van der Waals surface area contributed by atoms with Gasteiger partial charge in [0.2, 0.25) is 0 Å². The molecular formula is C17H21NO3. The van der Waals surface area contributed by atoms with Crippen LogP contribution in [0.3, 0.4) is 0 Å². The fourth-order valence-electron chi connectivity index (χ4n) is 2.98. The van der Waals surface area contributed by atoms with Gasteiger partial charge < -0.3 is 19.5 Å². The molecule has 3 rings (SSSR count). The number of nitrogens with one attached hydrogen (secondary N) is 1. The molecule has 1 heterocycles. The van der Waals surface area contributed by atoms with E-state index in [0.717, 1.165) is 11.1 Å². The summed E-state index contributed by atoms with van der Waals surface area (Å²) >= 11 is 0. The molecule has 1 aliphatic heterocycles. The van der Waals surface area contributed by atoms with Crippen molar-refractivity contribution in [3.8, 4) is 5.75 Å². The molecule has 2 unspecified atom stereocenters. The normalized spacial score (nSPS) is 20.4. The molecule has 112 valence electrons. The maximum absolute atomic E-state index is 5.87. The first-order valence-corrected chi connectivity index (χ1v) is 7.27. The molecule has 1 N–H and O–H groups in total. The quantitative estimate of drug-likeness (QED) is 0.938. The smallest absolute Gasteiger partial charge is 0.126 e. The number of rotatable bonds is 4. The number of hydrogen-bond donors (Lipinski definition) is 1. The highest BCUT2D eigenvalue weighted by Crippen LogP contribution is 2.33. The van der Waals surface area contributed by atoms with Crippen molar-refractivity contribution in [3.05, 3.63) is 42.0 Å². The van der Waals surface area contributed by atoms with Crippen molar-refractivity contribution < 1.29 is 14.2 Å². The Labute approximate surface area is 125 Å². The Morgan fingerprint density at radius 3 is 2.62 bits per heavy atom. The molecule has 4 nitrogen and oxygen atoms in total. The van der Waals surface area contributed by atoms with Crippen LogP contribution in [0.2, 0.25) is 0 Å². The van der Waals surface area contributed by atoms with Gasteiger partial charge in [0, 0.05) is 5.39 Å². The van der Waals surface area contributed by atoms with Crippen LogP contribution < -0.4 is 10.1 Å². The van der Waals surface area contributed by atoms with Gasteiger partial charge in [-0.1, -0.05) is 30.3 Å². The van der Waals surface area contributed by atoms with Crippen LogP contribution in [0.5, 0.6) is 5.75 Å². The number of methoxy groups -OCH3 is 1. The highest BCUT2D eigenvalue weighted by molar-refractivity contribution is 5.91. The lowest BCUT2D eigenvalue weighted by atomic mass is 9.94. The summed E-state index contributed by atoms with van der Waals surface area (Å²) in [7, 11) is 3.66. The molecule has 2 aromatic carbocycles. The second kappa shape index (κ2) is 6.43. The Morgan fingerprint density at radius 1 is 1.14 bits per heavy atom. The monoisotopic (exact) mass is 287 g/mol. The average molecular weight is 287 g/mol. The Morgan fingerprint density at radius 2 is 1.95 bits per heavy atom. The molecule has 0 bridgehead atoms. The average Bonchev–Trinajstić information content (AvgIpc) is 2.56. The second-order valence-corrected chi connectivity index (χ2v) is 5.15. The third kappa shape index (κ3) is 2.75. The molecule has 0 aromatic heterocycles. The first-order valence-electron chi connectivity index (χ1n) is 7.27. The summed E-state index contributed by atoms with van der Waals surface area (Å²) < 4.78 is 16.9. The van der Waals surface area contributed by atoms with Crippen LogP contribution in [0.4, 0.5) is 0 Å². The van der Waals surface area contributed by atoms with Gasteiger partial charge in [0.1, 0.15) is 11.9 Å². The zero-order valence-electron chi connectivity index (χ0n) is 12.5. The van der Waals surface area contributed by atoms with E-state index in [1.54, 1.807) is 7.11 Å². The van der Waals surface area contributed by atoms with E-state index in [9.17, 15) is 0 Å². The van der Waals surface area contributed by atoms with E-state index in [1.165, 1.54) is 10.9 Å². The minimum Gasteiger partial charge on any atom is -0.496 e. The molecule has 0 spiro atoms. The highest BCUT2D eigenvalue weighted by Gasteiger charge is 2.27. The second-order valence-electron chi connectivity index (χ2n) is 5.15. The van der Waals surface area contributed by atoms with Crippen LogP contribution in [0, 0.1) is 0 Å². The maximum atomic E-state index is 5.87. The van der Waals surface area contributed by atoms with E-state index < -0.39 is 0 Å². The van der Waals surface area contributed by atoms with Crippen LogP contribution in [0.25, 0.3) is 10.8 Å². The van der Waals surface area contributed by atoms with E-state index in [2.05, 4.69) is 29.6 Å². The first-order chi connectivity index (χ1) is 10.3. The third-order valence-corrected chi connectivity index (χ3v) is 4.00. The SMILES string of the molecule is CNC(c1ccc(OC)c2ccccc12)C1COCCO1. The summed E-state index contributed by atoms with van der Waals surface area (Å²) in [6, 6.07) is 12.5. The molecule has 1 fully saturated rings. The summed E-state index contributed by atoms with van der Waals surface area (Å²) in [6.07, 6.45) is 0.0283. The number of hydrogen-bond acceptors (Lipinski definition) is 4. The van der Waals surface area contributed by atoms with Gasteiger partial charge >= 0.3 is 0 Å². The van der Waals surface area contributed by atoms with Gasteiger partial charge in [-0.25, -0.2) is 0 Å². The topological polar surface area (TPSA) is 39.7 Å². The number of ether oxygens (including phenoxy) is 3. The van der Waals surface area contributed by atoms with Crippen molar-refractivity contribution in [1.82, 2.24) is 5.32 Å². The van der Waals surface area contributed by atoms with E-state index in [1.807, 2.05) is 19.2 Å². The van der Waals surface area contributed by atoms with Gasteiger partial charge in [0.15, 0.2) is 0 Å². The molecule has 1 aliphatic rings. The van der Waals surface area contributed by atoms with Crippen molar-refractivity contribution in [2.45, 2.75) is 12.1 Å². The Kier molecular flexibility index (Phi) is 4.39. The summed E-state index contributed by atoms with van der Waals surface area (Å²) in [6.45, 7) is 1.94. The molecule has 0 radical (unpaired) electrons. The van der Waals surface area contributed by atoms with Crippen LogP contribution in [0.15, 0.2) is 36.4 Å². The van der Waals surface area contributed by atoms with Gasteiger partial charge in [-0.3, -0.25) is 0 Å². The van der Waals surface area contributed by atoms with Gasteiger partial charge in [0.05, 0.1) is 33.0 Å². The van der Waals surface area contributed by atoms with Crippen LogP contribution in [-0.2, 0) is 9.47 Å². The van der Waals surface area contributed by atoms with Crippen molar-refractivity contribution >= 4 is 10.8 Å². The largest absolute Gasteiger partial charge is 0.496 e. The standard InChI is InChI=1S/C17H21NO3/c1-18-17(16-11-20-9-10-21-16)14-7-8-15(19-2)13-6-4-3-5-12(13)14/h3-8,16-18H,9-11H2,1-2H3. The van der Waals surface area contributed by atoms with Gasteiger partial charge in [-0.05, 0) is 24.1 Å². The lowest BCUT2D eigenvalue weighted by molar-refractivity contribution is -0.101. The predicted octanol–water partition coefficient (Wildman–Crippen LogP) is 2.52. The van der Waals surface area contributed by atoms with Crippen LogP contribution in [0.1, 0.15) is 11.6 Å². The molecule has 0 saturated carbocycles. The predicted molar refractivity (Wildman–Crippen MR) is 82.9 cm³/mol. The first kappa shape index (κ1) is 14.3. The minimum absolute atomic E-state index is 0.0283. The van der Waals surface area contributed by atoms with Gasteiger partial charge in [-0.2, -0.15) is 0 Å². The molecule has 0 amide bonds. The number of likely N-dealkylation sites (N-methyl/N-ethyl adjacent to an activating group) is 1. The van der Waals surface area contributed by atoms with E-state index in [0.29, 0.717) is 19.8 Å². The molecule has 4 heteroatoms. The molecule has 0 aliphatic carbocycles. The zero-order chi connectivity index (χ0) is 14.7. The number of benzene rings is 2. The van der Waals surface area contributed by atoms with Crippen LogP contribution >= 0.6 is 0 Å². The highest BCUT2D eigenvalue weighted by atomic mass is 16.6. The molecule has 21 heavy (non-hydrogen) atoms. The van der Waals surface area contributed by atoms with Gasteiger partial charge in [0.25, 0.3) is 0 Å². The van der Waals surface area contributed by atoms with Gasteiger partial charge in [-0.15, -0.1) is 0 Å². The van der Waals surface area contributed by atoms with E-state index in [-0.39, 0.29) is 12.1 Å².